The van der Waals surface area contributed by atoms with Crippen LogP contribution < -0.4 is 14.4 Å². The Morgan fingerprint density at radius 3 is 1.58 bits per heavy atom. The normalized spacial score (nSPS) is 15.8. The van der Waals surface area contributed by atoms with Gasteiger partial charge in [-0.05, 0) is 161 Å². The molecule has 5 aliphatic rings. The van der Waals surface area contributed by atoms with Gasteiger partial charge in [0.25, 0.3) is 0 Å². The summed E-state index contributed by atoms with van der Waals surface area (Å²) in [6.07, 6.45) is 6.45. The summed E-state index contributed by atoms with van der Waals surface area (Å²) < 4.78 is 14.8. The minimum Gasteiger partial charge on any atom is -0.449 e. The SMILES string of the molecule is C=CC1=C(/C=C\C)C2(c3ccccc31)c1ccccc1-c1c2ccc2c1Oc1c(cccc1N(c1cccc(-c3ccccc3)c1)c1ccc3c(c1)C1(c4ccccc4-c4ccccc41)c1cc(-c4ccccc4)ccc1-3)O2. The molecule has 0 saturated carbocycles. The quantitative estimate of drug-likeness (QED) is 0.159. The molecule has 16 rings (SSSR count). The van der Waals surface area contributed by atoms with Gasteiger partial charge in [0.15, 0.2) is 23.0 Å². The number of hydrogen-bond acceptors (Lipinski definition) is 3. The molecule has 11 aromatic carbocycles. The van der Waals surface area contributed by atoms with Gasteiger partial charge in [0, 0.05) is 16.9 Å². The van der Waals surface area contributed by atoms with Crippen LogP contribution in [0.5, 0.6) is 23.0 Å². The highest BCUT2D eigenvalue weighted by Crippen LogP contribution is 2.68. The van der Waals surface area contributed by atoms with Gasteiger partial charge in [-0.25, -0.2) is 0 Å². The van der Waals surface area contributed by atoms with Gasteiger partial charge < -0.3 is 14.4 Å². The monoisotopic (exact) mass is 995 g/mol. The molecule has 11 aromatic rings. The van der Waals surface area contributed by atoms with E-state index in [1.807, 2.05) is 12.1 Å². The molecule has 0 N–H and O–H groups in total. The number of nitrogens with zero attached hydrogens (tertiary/aromatic N) is 1. The average molecular weight is 996 g/mol. The van der Waals surface area contributed by atoms with Gasteiger partial charge in [-0.1, -0.05) is 225 Å². The lowest BCUT2D eigenvalue weighted by atomic mass is 9.69. The molecule has 0 aromatic heterocycles. The number of hydrogen-bond donors (Lipinski definition) is 0. The van der Waals surface area contributed by atoms with Crippen LogP contribution in [0.15, 0.2) is 279 Å². The molecular weight excluding hydrogens is 947 g/mol. The lowest BCUT2D eigenvalue weighted by Crippen LogP contribution is -2.26. The first kappa shape index (κ1) is 44.3. The second-order valence-corrected chi connectivity index (χ2v) is 20.9. The molecule has 1 aliphatic heterocycles. The van der Waals surface area contributed by atoms with Crippen molar-refractivity contribution in [3.05, 3.63) is 324 Å². The molecule has 0 fully saturated rings. The van der Waals surface area contributed by atoms with Crippen LogP contribution >= 0.6 is 0 Å². The third-order valence-electron chi connectivity index (χ3n) is 17.3. The highest BCUT2D eigenvalue weighted by Gasteiger charge is 2.54. The maximum atomic E-state index is 7.65. The zero-order chi connectivity index (χ0) is 51.7. The van der Waals surface area contributed by atoms with E-state index in [0.717, 1.165) is 50.5 Å². The summed E-state index contributed by atoms with van der Waals surface area (Å²) in [4.78, 5) is 2.38. The van der Waals surface area contributed by atoms with Gasteiger partial charge in [0.1, 0.15) is 0 Å². The van der Waals surface area contributed by atoms with Gasteiger partial charge in [-0.3, -0.25) is 0 Å². The highest BCUT2D eigenvalue weighted by atomic mass is 16.6. The minimum absolute atomic E-state index is 0.598. The van der Waals surface area contributed by atoms with Crippen LogP contribution in [0.2, 0.25) is 0 Å². The van der Waals surface area contributed by atoms with E-state index < -0.39 is 10.8 Å². The lowest BCUT2D eigenvalue weighted by Gasteiger charge is -2.34. The Labute approximate surface area is 454 Å². The number of allylic oxidation sites excluding steroid dienone is 5. The summed E-state index contributed by atoms with van der Waals surface area (Å²) in [7, 11) is 0. The average Bonchev–Trinajstić information content (AvgIpc) is 3.80. The van der Waals surface area contributed by atoms with Crippen LogP contribution in [0.1, 0.15) is 51.4 Å². The second-order valence-electron chi connectivity index (χ2n) is 20.9. The fourth-order valence-electron chi connectivity index (χ4n) is 14.3. The van der Waals surface area contributed by atoms with E-state index >= 15 is 0 Å². The summed E-state index contributed by atoms with van der Waals surface area (Å²) in [5.41, 5.74) is 25.7. The zero-order valence-electron chi connectivity index (χ0n) is 42.9. The topological polar surface area (TPSA) is 21.7 Å². The first-order chi connectivity index (χ1) is 38.6. The number of anilines is 3. The van der Waals surface area contributed by atoms with Crippen molar-refractivity contribution in [1.82, 2.24) is 0 Å². The van der Waals surface area contributed by atoms with Crippen LogP contribution in [-0.2, 0) is 10.8 Å². The Bertz CT molecular complexity index is 4380. The van der Waals surface area contributed by atoms with E-state index in [4.69, 9.17) is 9.47 Å². The minimum atomic E-state index is -0.599. The van der Waals surface area contributed by atoms with Gasteiger partial charge >= 0.3 is 0 Å². The van der Waals surface area contributed by atoms with Crippen LogP contribution in [0, 0.1) is 0 Å². The van der Waals surface area contributed by atoms with Crippen LogP contribution in [-0.4, -0.2) is 0 Å². The molecule has 3 heteroatoms. The van der Waals surface area contributed by atoms with Gasteiger partial charge in [0.05, 0.1) is 16.5 Å². The molecule has 3 nitrogen and oxygen atoms in total. The predicted molar refractivity (Wildman–Crippen MR) is 319 cm³/mol. The predicted octanol–water partition coefficient (Wildman–Crippen LogP) is 19.6. The van der Waals surface area contributed by atoms with E-state index in [1.165, 1.54) is 77.9 Å². The Morgan fingerprint density at radius 2 is 0.897 bits per heavy atom. The maximum absolute atomic E-state index is 7.65. The van der Waals surface area contributed by atoms with Gasteiger partial charge in [-0.2, -0.15) is 0 Å². The maximum Gasteiger partial charge on any atom is 0.194 e. The molecular formula is C75H49NO2. The third kappa shape index (κ3) is 5.88. The molecule has 0 bridgehead atoms. The Hall–Kier alpha value is -9.96. The summed E-state index contributed by atoms with van der Waals surface area (Å²) in [6, 6.07) is 91.0. The standard InChI is InChI=1S/C75H49NO2/c1-3-21-60-53(4-2)54-28-11-15-32-61(54)74(60)64-35-18-14-31-59(64)71-65(74)42-43-70-73(71)78-72-68(36-20-37-69(72)77-70)76(51-27-19-26-49(44-51)47-22-7-5-8-23-47)52-39-41-58-57-40-38-50(48-24-9-6-10-25-48)45-66(57)75(67(58)46-52)62-33-16-12-29-55(62)56-30-13-17-34-63(56)75/h3-46H,2H2,1H3/b21-3-. The Morgan fingerprint density at radius 1 is 0.372 bits per heavy atom. The summed E-state index contributed by atoms with van der Waals surface area (Å²) in [5.74, 6) is 2.68. The van der Waals surface area contributed by atoms with Crippen LogP contribution in [0.4, 0.5) is 17.1 Å². The van der Waals surface area contributed by atoms with E-state index in [0.29, 0.717) is 23.0 Å². The molecule has 1 heterocycles. The van der Waals surface area contributed by atoms with Crippen molar-refractivity contribution < 1.29 is 9.47 Å². The third-order valence-corrected chi connectivity index (χ3v) is 17.3. The molecule has 1 unspecified atom stereocenters. The highest BCUT2D eigenvalue weighted by molar-refractivity contribution is 6.01. The largest absolute Gasteiger partial charge is 0.449 e. The molecule has 2 spiro atoms. The van der Waals surface area contributed by atoms with Crippen molar-refractivity contribution in [1.29, 1.82) is 0 Å². The fraction of sp³-hybridized carbons (Fsp3) is 0.0400. The molecule has 78 heavy (non-hydrogen) atoms. The van der Waals surface area contributed by atoms with Crippen molar-refractivity contribution in [3.8, 4) is 78.6 Å². The van der Waals surface area contributed by atoms with E-state index in [-0.39, 0.29) is 0 Å². The molecule has 0 radical (unpaired) electrons. The molecule has 0 amide bonds. The number of fused-ring (bicyclic) bond motifs is 20. The van der Waals surface area contributed by atoms with Crippen molar-refractivity contribution in [2.24, 2.45) is 0 Å². The summed E-state index contributed by atoms with van der Waals surface area (Å²) >= 11 is 0. The van der Waals surface area contributed by atoms with Gasteiger partial charge in [-0.15, -0.1) is 0 Å². The number of ether oxygens (including phenoxy) is 2. The van der Waals surface area contributed by atoms with Crippen LogP contribution in [0.25, 0.3) is 61.2 Å². The van der Waals surface area contributed by atoms with Crippen molar-refractivity contribution >= 4 is 22.6 Å². The first-order valence-corrected chi connectivity index (χ1v) is 27.0. The van der Waals surface area contributed by atoms with Gasteiger partial charge in [0.2, 0.25) is 0 Å². The second kappa shape index (κ2) is 16.8. The Kier molecular flexibility index (Phi) is 9.53. The molecule has 0 saturated heterocycles. The van der Waals surface area contributed by atoms with Crippen molar-refractivity contribution in [2.75, 3.05) is 4.90 Å². The molecule has 366 valence electrons. The lowest BCUT2D eigenvalue weighted by molar-refractivity contribution is 0.361. The number of rotatable bonds is 7. The number of benzene rings is 11. The number of para-hydroxylation sites is 1. The summed E-state index contributed by atoms with van der Waals surface area (Å²) in [5, 5.41) is 0. The van der Waals surface area contributed by atoms with Crippen molar-refractivity contribution in [3.63, 3.8) is 0 Å². The van der Waals surface area contributed by atoms with Crippen LogP contribution in [0.3, 0.4) is 0 Å². The first-order valence-electron chi connectivity index (χ1n) is 27.0. The van der Waals surface area contributed by atoms with E-state index in [1.54, 1.807) is 0 Å². The Balaban J connectivity index is 0.929. The van der Waals surface area contributed by atoms with Crippen molar-refractivity contribution in [2.45, 2.75) is 17.8 Å². The van der Waals surface area contributed by atoms with E-state index in [2.05, 4.69) is 273 Å². The fourth-order valence-corrected chi connectivity index (χ4v) is 14.3. The van der Waals surface area contributed by atoms with E-state index in [9.17, 15) is 0 Å². The molecule has 4 aliphatic carbocycles. The molecule has 1 atom stereocenters. The smallest absolute Gasteiger partial charge is 0.194 e. The summed E-state index contributed by atoms with van der Waals surface area (Å²) in [6.45, 7) is 6.48. The zero-order valence-corrected chi connectivity index (χ0v) is 42.9.